The van der Waals surface area contributed by atoms with Gasteiger partial charge in [-0.1, -0.05) is 20.8 Å². The summed E-state index contributed by atoms with van der Waals surface area (Å²) in [6.07, 6.45) is 1.46. The van der Waals surface area contributed by atoms with Crippen LogP contribution in [-0.2, 0) is 11.3 Å². The van der Waals surface area contributed by atoms with Gasteiger partial charge in [-0.15, -0.1) is 0 Å². The van der Waals surface area contributed by atoms with Crippen molar-refractivity contribution >= 4 is 17.2 Å². The molecule has 1 N–H and O–H groups in total. The number of phenols is 1. The zero-order chi connectivity index (χ0) is 22.9. The van der Waals surface area contributed by atoms with E-state index in [1.807, 2.05) is 57.2 Å². The number of carbonyl (C=O) groups excluding carboxylic acids is 1. The van der Waals surface area contributed by atoms with Gasteiger partial charge in [-0.25, -0.2) is 14.0 Å². The summed E-state index contributed by atoms with van der Waals surface area (Å²) in [5.74, 6) is 0.240. The number of phenolic OH excluding ortho intramolecular Hbond substituents is 1. The second-order valence-electron chi connectivity index (χ2n) is 9.12. The standard InChI is InChI=1S/C24H29N5O3/c1-24(2,3)22(31)16-29-23(32)28(17-25-29)20-6-4-18(5-7-20)26-12-14-27(15-13-26)19-8-10-21(30)11-9-19/h4-11,17,30H,12-16H2,1-3H3. The molecule has 4 rings (SSSR count). The minimum absolute atomic E-state index is 0.0290. The second-order valence-corrected chi connectivity index (χ2v) is 9.12. The first-order valence-corrected chi connectivity index (χ1v) is 10.8. The second kappa shape index (κ2) is 8.53. The van der Waals surface area contributed by atoms with Crippen molar-refractivity contribution in [3.05, 3.63) is 65.3 Å². The summed E-state index contributed by atoms with van der Waals surface area (Å²) in [6, 6.07) is 15.1. The summed E-state index contributed by atoms with van der Waals surface area (Å²) in [6.45, 7) is 9.02. The number of nitrogens with zero attached hydrogens (tertiary/aromatic N) is 5. The summed E-state index contributed by atoms with van der Waals surface area (Å²) in [7, 11) is 0. The maximum Gasteiger partial charge on any atom is 0.350 e. The van der Waals surface area contributed by atoms with E-state index in [2.05, 4.69) is 14.9 Å². The van der Waals surface area contributed by atoms with Gasteiger partial charge in [0.15, 0.2) is 5.78 Å². The highest BCUT2D eigenvalue weighted by Crippen LogP contribution is 2.23. The van der Waals surface area contributed by atoms with E-state index in [0.717, 1.165) is 43.2 Å². The number of benzene rings is 2. The van der Waals surface area contributed by atoms with Crippen molar-refractivity contribution < 1.29 is 9.90 Å². The van der Waals surface area contributed by atoms with Crippen molar-refractivity contribution in [2.45, 2.75) is 27.3 Å². The molecule has 3 aromatic rings. The molecule has 1 aromatic heterocycles. The topological polar surface area (TPSA) is 83.6 Å². The predicted octanol–water partition coefficient (Wildman–Crippen LogP) is 2.68. The van der Waals surface area contributed by atoms with Crippen LogP contribution in [0.1, 0.15) is 20.8 Å². The molecule has 2 aromatic carbocycles. The van der Waals surface area contributed by atoms with Crippen LogP contribution in [-0.4, -0.2) is 51.4 Å². The average molecular weight is 436 g/mol. The fraction of sp³-hybridized carbons (Fsp3) is 0.375. The first-order chi connectivity index (χ1) is 15.2. The number of rotatable bonds is 5. The molecule has 1 saturated heterocycles. The fourth-order valence-corrected chi connectivity index (χ4v) is 3.71. The number of carbonyl (C=O) groups is 1. The zero-order valence-corrected chi connectivity index (χ0v) is 18.7. The van der Waals surface area contributed by atoms with Gasteiger partial charge >= 0.3 is 5.69 Å². The Morgan fingerprint density at radius 3 is 1.84 bits per heavy atom. The predicted molar refractivity (Wildman–Crippen MR) is 125 cm³/mol. The molecule has 1 aliphatic rings. The van der Waals surface area contributed by atoms with Crippen molar-refractivity contribution in [1.82, 2.24) is 14.3 Å². The molecule has 0 saturated carbocycles. The van der Waals surface area contributed by atoms with Crippen LogP contribution < -0.4 is 15.5 Å². The largest absolute Gasteiger partial charge is 0.508 e. The lowest BCUT2D eigenvalue weighted by atomic mass is 9.91. The molecule has 0 bridgehead atoms. The van der Waals surface area contributed by atoms with Crippen molar-refractivity contribution in [3.8, 4) is 11.4 Å². The summed E-state index contributed by atoms with van der Waals surface area (Å²) >= 11 is 0. The van der Waals surface area contributed by atoms with Crippen LogP contribution in [0.25, 0.3) is 5.69 Å². The molecule has 0 aliphatic carbocycles. The zero-order valence-electron chi connectivity index (χ0n) is 18.7. The number of aromatic nitrogens is 3. The first-order valence-electron chi connectivity index (χ1n) is 10.8. The van der Waals surface area contributed by atoms with Gasteiger partial charge in [0.1, 0.15) is 18.6 Å². The molecule has 0 spiro atoms. The maximum absolute atomic E-state index is 12.7. The van der Waals surface area contributed by atoms with E-state index >= 15 is 0 Å². The van der Waals surface area contributed by atoms with Crippen LogP contribution in [0.3, 0.4) is 0 Å². The number of anilines is 2. The van der Waals surface area contributed by atoms with Gasteiger partial charge in [0.2, 0.25) is 0 Å². The molecule has 8 heteroatoms. The highest BCUT2D eigenvalue weighted by Gasteiger charge is 2.23. The maximum atomic E-state index is 12.7. The molecular formula is C24H29N5O3. The molecule has 0 radical (unpaired) electrons. The summed E-state index contributed by atoms with van der Waals surface area (Å²) in [4.78, 5) is 29.6. The minimum Gasteiger partial charge on any atom is -0.508 e. The van der Waals surface area contributed by atoms with E-state index in [-0.39, 0.29) is 23.8 Å². The molecule has 1 fully saturated rings. The van der Waals surface area contributed by atoms with E-state index in [0.29, 0.717) is 0 Å². The quantitative estimate of drug-likeness (QED) is 0.664. The number of ketones is 1. The Morgan fingerprint density at radius 2 is 1.34 bits per heavy atom. The SMILES string of the molecule is CC(C)(C)C(=O)Cn1ncn(-c2ccc(N3CCN(c4ccc(O)cc4)CC3)cc2)c1=O. The van der Waals surface area contributed by atoms with E-state index in [9.17, 15) is 14.7 Å². The first kappa shape index (κ1) is 21.7. The lowest BCUT2D eigenvalue weighted by molar-refractivity contribution is -0.127. The third kappa shape index (κ3) is 4.54. The van der Waals surface area contributed by atoms with Gasteiger partial charge in [0.25, 0.3) is 0 Å². The molecule has 0 atom stereocenters. The highest BCUT2D eigenvalue weighted by molar-refractivity contribution is 5.83. The summed E-state index contributed by atoms with van der Waals surface area (Å²) < 4.78 is 2.67. The number of hydrogen-bond acceptors (Lipinski definition) is 6. The third-order valence-corrected chi connectivity index (χ3v) is 5.85. The number of piperazine rings is 1. The summed E-state index contributed by atoms with van der Waals surface area (Å²) in [5, 5.41) is 13.6. The number of hydrogen-bond donors (Lipinski definition) is 1. The van der Waals surface area contributed by atoms with Crippen molar-refractivity contribution in [1.29, 1.82) is 0 Å². The van der Waals surface area contributed by atoms with Gasteiger partial charge in [-0.2, -0.15) is 5.10 Å². The lowest BCUT2D eigenvalue weighted by Gasteiger charge is -2.37. The normalized spacial score (nSPS) is 14.6. The Hall–Kier alpha value is -3.55. The average Bonchev–Trinajstić information content (AvgIpc) is 3.14. The Labute approximate surface area is 187 Å². The van der Waals surface area contributed by atoms with E-state index in [4.69, 9.17) is 0 Å². The van der Waals surface area contributed by atoms with E-state index in [1.165, 1.54) is 15.6 Å². The van der Waals surface area contributed by atoms with Crippen LogP contribution >= 0.6 is 0 Å². The van der Waals surface area contributed by atoms with Crippen LogP contribution in [0.15, 0.2) is 59.7 Å². The van der Waals surface area contributed by atoms with Crippen LogP contribution in [0.2, 0.25) is 0 Å². The van der Waals surface area contributed by atoms with Gasteiger partial charge < -0.3 is 14.9 Å². The molecule has 0 amide bonds. The smallest absolute Gasteiger partial charge is 0.350 e. The van der Waals surface area contributed by atoms with Crippen molar-refractivity contribution in [2.24, 2.45) is 5.41 Å². The molecule has 32 heavy (non-hydrogen) atoms. The van der Waals surface area contributed by atoms with Gasteiger partial charge in [0.05, 0.1) is 5.69 Å². The van der Waals surface area contributed by atoms with Crippen LogP contribution in [0, 0.1) is 5.41 Å². The lowest BCUT2D eigenvalue weighted by Crippen LogP contribution is -2.46. The number of aromatic hydroxyl groups is 1. The molecule has 168 valence electrons. The van der Waals surface area contributed by atoms with Gasteiger partial charge in [-0.05, 0) is 48.5 Å². The Balaban J connectivity index is 1.41. The molecule has 8 nitrogen and oxygen atoms in total. The van der Waals surface area contributed by atoms with Gasteiger partial charge in [0, 0.05) is 43.0 Å². The molecule has 1 aliphatic heterocycles. The minimum atomic E-state index is -0.517. The fourth-order valence-electron chi connectivity index (χ4n) is 3.71. The Bertz CT molecular complexity index is 1130. The number of Topliss-reactive ketones (excluding diaryl/α,β-unsaturated/α-hetero) is 1. The van der Waals surface area contributed by atoms with Crippen molar-refractivity contribution in [2.75, 3.05) is 36.0 Å². The van der Waals surface area contributed by atoms with E-state index < -0.39 is 5.41 Å². The van der Waals surface area contributed by atoms with E-state index in [1.54, 1.807) is 12.1 Å². The van der Waals surface area contributed by atoms with Crippen LogP contribution in [0.5, 0.6) is 5.75 Å². The Kier molecular flexibility index (Phi) is 5.78. The van der Waals surface area contributed by atoms with Crippen LogP contribution in [0.4, 0.5) is 11.4 Å². The third-order valence-electron chi connectivity index (χ3n) is 5.85. The van der Waals surface area contributed by atoms with Gasteiger partial charge in [-0.3, -0.25) is 4.79 Å². The van der Waals surface area contributed by atoms with Crippen molar-refractivity contribution in [3.63, 3.8) is 0 Å². The molecular weight excluding hydrogens is 406 g/mol. The monoisotopic (exact) mass is 435 g/mol. The highest BCUT2D eigenvalue weighted by atomic mass is 16.3. The molecule has 0 unspecified atom stereocenters. The molecule has 2 heterocycles. The Morgan fingerprint density at radius 1 is 0.875 bits per heavy atom. The summed E-state index contributed by atoms with van der Waals surface area (Å²) in [5.41, 5.74) is 2.09.